The summed E-state index contributed by atoms with van der Waals surface area (Å²) in [6.45, 7) is 1.75. The Bertz CT molecular complexity index is 790. The number of halogens is 2. The van der Waals surface area contributed by atoms with Crippen molar-refractivity contribution in [1.82, 2.24) is 0 Å². The van der Waals surface area contributed by atoms with Crippen molar-refractivity contribution in [3.8, 4) is 6.07 Å². The van der Waals surface area contributed by atoms with Gasteiger partial charge in [0.2, 0.25) is 0 Å². The molecule has 0 amide bonds. The molecule has 0 aliphatic rings. The number of hydrogen-bond acceptors (Lipinski definition) is 4. The van der Waals surface area contributed by atoms with Crippen LogP contribution in [0.1, 0.15) is 11.1 Å². The number of aryl methyl sites for hydroxylation is 1. The molecule has 0 fully saturated rings. The number of sulfonamides is 1. The summed E-state index contributed by atoms with van der Waals surface area (Å²) < 4.78 is 28.0. The fourth-order valence-corrected chi connectivity index (χ4v) is 4.82. The molecule has 2 rings (SSSR count). The summed E-state index contributed by atoms with van der Waals surface area (Å²) in [5, 5.41) is 8.77. The monoisotopic (exact) mass is 390 g/mol. The van der Waals surface area contributed by atoms with E-state index < -0.39 is 10.0 Å². The first kappa shape index (κ1) is 15.3. The zero-order valence-electron chi connectivity index (χ0n) is 10.1. The van der Waals surface area contributed by atoms with E-state index in [1.807, 2.05) is 6.07 Å². The largest absolute Gasteiger partial charge is 0.278 e. The molecule has 0 radical (unpaired) electrons. The molecule has 1 heterocycles. The number of benzene rings is 1. The van der Waals surface area contributed by atoms with Gasteiger partial charge in [0.25, 0.3) is 10.0 Å². The molecule has 1 aromatic heterocycles. The molecule has 0 unspecified atom stereocenters. The Balaban J connectivity index is 2.36. The fourth-order valence-electron chi connectivity index (χ4n) is 1.43. The van der Waals surface area contributed by atoms with Gasteiger partial charge in [0.15, 0.2) is 0 Å². The van der Waals surface area contributed by atoms with Crippen LogP contribution >= 0.6 is 38.9 Å². The van der Waals surface area contributed by atoms with Crippen LogP contribution in [0.25, 0.3) is 0 Å². The van der Waals surface area contributed by atoms with Crippen LogP contribution in [0.4, 0.5) is 5.69 Å². The summed E-state index contributed by atoms with van der Waals surface area (Å²) in [6.07, 6.45) is 0. The van der Waals surface area contributed by atoms with Gasteiger partial charge >= 0.3 is 0 Å². The van der Waals surface area contributed by atoms with E-state index in [1.54, 1.807) is 13.0 Å². The fraction of sp³-hybridized carbons (Fsp3) is 0.0833. The van der Waals surface area contributed by atoms with Crippen molar-refractivity contribution in [1.29, 1.82) is 5.26 Å². The van der Waals surface area contributed by atoms with Gasteiger partial charge in [0, 0.05) is 4.47 Å². The Labute approximate surface area is 134 Å². The maximum atomic E-state index is 12.2. The number of anilines is 1. The molecule has 0 atom stereocenters. The second-order valence-electron chi connectivity index (χ2n) is 3.93. The van der Waals surface area contributed by atoms with Crippen molar-refractivity contribution in [2.45, 2.75) is 11.1 Å². The SMILES string of the molecule is Cc1cc(S(=O)(=O)Nc2ccc(C#N)cc2Br)sc1Cl. The van der Waals surface area contributed by atoms with E-state index in [0.29, 0.717) is 20.1 Å². The van der Waals surface area contributed by atoms with E-state index in [1.165, 1.54) is 18.2 Å². The van der Waals surface area contributed by atoms with Crippen molar-refractivity contribution in [2.24, 2.45) is 0 Å². The topological polar surface area (TPSA) is 70.0 Å². The van der Waals surface area contributed by atoms with Crippen LogP contribution in [0.5, 0.6) is 0 Å². The molecule has 0 aliphatic heterocycles. The summed E-state index contributed by atoms with van der Waals surface area (Å²) in [5.41, 5.74) is 1.52. The Morgan fingerprint density at radius 1 is 1.40 bits per heavy atom. The molecular formula is C12H8BrClN2O2S2. The van der Waals surface area contributed by atoms with E-state index >= 15 is 0 Å². The summed E-state index contributed by atoms with van der Waals surface area (Å²) >= 11 is 10.1. The molecule has 2 aromatic rings. The van der Waals surface area contributed by atoms with Crippen molar-refractivity contribution in [2.75, 3.05) is 4.72 Å². The van der Waals surface area contributed by atoms with E-state index in [2.05, 4.69) is 20.7 Å². The second-order valence-corrected chi connectivity index (χ2v) is 8.35. The van der Waals surface area contributed by atoms with Crippen LogP contribution in [0.2, 0.25) is 4.34 Å². The Kier molecular flexibility index (Phi) is 4.39. The lowest BCUT2D eigenvalue weighted by molar-refractivity contribution is 0.603. The number of thiophene rings is 1. The molecule has 20 heavy (non-hydrogen) atoms. The first-order valence-corrected chi connectivity index (χ1v) is 8.79. The van der Waals surface area contributed by atoms with Gasteiger partial charge in [-0.2, -0.15) is 5.26 Å². The molecule has 0 saturated heterocycles. The lowest BCUT2D eigenvalue weighted by Gasteiger charge is -2.08. The number of nitrogens with zero attached hydrogens (tertiary/aromatic N) is 1. The van der Waals surface area contributed by atoms with Crippen LogP contribution in [0, 0.1) is 18.3 Å². The molecule has 8 heteroatoms. The Morgan fingerprint density at radius 2 is 2.10 bits per heavy atom. The zero-order valence-corrected chi connectivity index (χ0v) is 14.1. The number of hydrogen-bond donors (Lipinski definition) is 1. The summed E-state index contributed by atoms with van der Waals surface area (Å²) in [6, 6.07) is 8.11. The highest BCUT2D eigenvalue weighted by Crippen LogP contribution is 2.32. The van der Waals surface area contributed by atoms with Crippen molar-refractivity contribution < 1.29 is 8.42 Å². The first-order valence-electron chi connectivity index (χ1n) is 5.32. The van der Waals surface area contributed by atoms with E-state index in [4.69, 9.17) is 16.9 Å². The summed E-state index contributed by atoms with van der Waals surface area (Å²) in [7, 11) is -3.69. The first-order chi connectivity index (χ1) is 9.33. The molecule has 104 valence electrons. The minimum Gasteiger partial charge on any atom is -0.278 e. The highest BCUT2D eigenvalue weighted by atomic mass is 79.9. The maximum Gasteiger partial charge on any atom is 0.271 e. The third-order valence-electron chi connectivity index (χ3n) is 2.44. The quantitative estimate of drug-likeness (QED) is 0.854. The van der Waals surface area contributed by atoms with Gasteiger partial charge in [-0.3, -0.25) is 4.72 Å². The highest BCUT2D eigenvalue weighted by molar-refractivity contribution is 9.10. The highest BCUT2D eigenvalue weighted by Gasteiger charge is 2.19. The molecule has 0 spiro atoms. The standard InChI is InChI=1S/C12H8BrClN2O2S2/c1-7-4-11(19-12(7)14)20(17,18)16-10-3-2-8(6-15)5-9(10)13/h2-5,16H,1H3. The van der Waals surface area contributed by atoms with Crippen molar-refractivity contribution >= 4 is 54.6 Å². The minimum atomic E-state index is -3.69. The lowest BCUT2D eigenvalue weighted by atomic mass is 10.2. The van der Waals surface area contributed by atoms with Crippen LogP contribution < -0.4 is 4.72 Å². The van der Waals surface area contributed by atoms with Crippen LogP contribution in [-0.4, -0.2) is 8.42 Å². The van der Waals surface area contributed by atoms with Crippen LogP contribution in [0.3, 0.4) is 0 Å². The molecular weight excluding hydrogens is 384 g/mol. The summed E-state index contributed by atoms with van der Waals surface area (Å²) in [5.74, 6) is 0. The Morgan fingerprint density at radius 3 is 2.60 bits per heavy atom. The third-order valence-corrected chi connectivity index (χ3v) is 6.49. The molecule has 1 N–H and O–H groups in total. The van der Waals surface area contributed by atoms with E-state index in [-0.39, 0.29) is 4.21 Å². The van der Waals surface area contributed by atoms with Gasteiger partial charge in [-0.05, 0) is 52.7 Å². The zero-order chi connectivity index (χ0) is 14.9. The Hall–Kier alpha value is -1.07. The molecule has 0 aliphatic carbocycles. The maximum absolute atomic E-state index is 12.2. The molecule has 4 nitrogen and oxygen atoms in total. The minimum absolute atomic E-state index is 0.149. The predicted molar refractivity (Wildman–Crippen MR) is 83.7 cm³/mol. The van der Waals surface area contributed by atoms with Crippen LogP contribution in [-0.2, 0) is 10.0 Å². The van der Waals surface area contributed by atoms with Gasteiger partial charge in [-0.15, -0.1) is 11.3 Å². The number of rotatable bonds is 3. The average Bonchev–Trinajstić information content (AvgIpc) is 2.73. The number of nitrogens with one attached hydrogen (secondary N) is 1. The summed E-state index contributed by atoms with van der Waals surface area (Å²) in [4.78, 5) is 0. The van der Waals surface area contributed by atoms with Gasteiger partial charge in [0.05, 0.1) is 21.7 Å². The van der Waals surface area contributed by atoms with E-state index in [9.17, 15) is 8.42 Å². The lowest BCUT2D eigenvalue weighted by Crippen LogP contribution is -2.11. The van der Waals surface area contributed by atoms with Crippen molar-refractivity contribution in [3.63, 3.8) is 0 Å². The third kappa shape index (κ3) is 3.15. The van der Waals surface area contributed by atoms with E-state index in [0.717, 1.165) is 16.9 Å². The smallest absolute Gasteiger partial charge is 0.271 e. The molecule has 0 bridgehead atoms. The van der Waals surface area contributed by atoms with Crippen molar-refractivity contribution in [3.05, 3.63) is 44.2 Å². The second kappa shape index (κ2) is 5.74. The molecule has 0 saturated carbocycles. The van der Waals surface area contributed by atoms with Gasteiger partial charge in [-0.25, -0.2) is 8.42 Å². The normalized spacial score (nSPS) is 11.1. The van der Waals surface area contributed by atoms with Gasteiger partial charge in [-0.1, -0.05) is 11.6 Å². The van der Waals surface area contributed by atoms with Gasteiger partial charge < -0.3 is 0 Å². The van der Waals surface area contributed by atoms with Crippen LogP contribution in [0.15, 0.2) is 32.9 Å². The number of nitriles is 1. The average molecular weight is 392 g/mol. The predicted octanol–water partition coefficient (Wildman–Crippen LogP) is 4.14. The molecule has 1 aromatic carbocycles. The van der Waals surface area contributed by atoms with Gasteiger partial charge in [0.1, 0.15) is 4.21 Å².